The first-order valence-corrected chi connectivity index (χ1v) is 6.88. The molecule has 0 spiro atoms. The van der Waals surface area contributed by atoms with Gasteiger partial charge in [0.2, 0.25) is 0 Å². The van der Waals surface area contributed by atoms with Crippen LogP contribution in [-0.2, 0) is 6.42 Å². The molecule has 0 aliphatic rings. The average molecular weight is 312 g/mol. The van der Waals surface area contributed by atoms with Gasteiger partial charge < -0.3 is 10.1 Å². The average Bonchev–Trinajstić information content (AvgIpc) is 2.49. The Bertz CT molecular complexity index is 634. The van der Waals surface area contributed by atoms with E-state index < -0.39 is 5.82 Å². The van der Waals surface area contributed by atoms with Crippen LogP contribution in [0, 0.1) is 11.6 Å². The zero-order chi connectivity index (χ0) is 15.4. The Kier molecular flexibility index (Phi) is 5.15. The van der Waals surface area contributed by atoms with Crippen molar-refractivity contribution >= 4 is 11.6 Å². The van der Waals surface area contributed by atoms with E-state index in [9.17, 15) is 8.78 Å². The molecule has 2 aromatic rings. The van der Waals surface area contributed by atoms with E-state index in [0.717, 1.165) is 0 Å². The van der Waals surface area contributed by atoms with E-state index in [-0.39, 0.29) is 16.9 Å². The smallest absolute Gasteiger partial charge is 0.142 e. The van der Waals surface area contributed by atoms with Crippen LogP contribution < -0.4 is 10.1 Å². The summed E-state index contributed by atoms with van der Waals surface area (Å²) in [6.07, 6.45) is 0.352. The maximum atomic E-state index is 14.1. The summed E-state index contributed by atoms with van der Waals surface area (Å²) in [5.74, 6) is -0.410. The van der Waals surface area contributed by atoms with E-state index in [2.05, 4.69) is 5.32 Å². The molecule has 0 fully saturated rings. The Morgan fingerprint density at radius 3 is 2.48 bits per heavy atom. The van der Waals surface area contributed by atoms with Crippen molar-refractivity contribution in [3.63, 3.8) is 0 Å². The topological polar surface area (TPSA) is 21.3 Å². The molecule has 0 aromatic heterocycles. The van der Waals surface area contributed by atoms with Crippen molar-refractivity contribution in [1.82, 2.24) is 5.32 Å². The van der Waals surface area contributed by atoms with Crippen LogP contribution >= 0.6 is 11.6 Å². The quantitative estimate of drug-likeness (QED) is 0.896. The van der Waals surface area contributed by atoms with Gasteiger partial charge in [-0.1, -0.05) is 29.8 Å². The van der Waals surface area contributed by atoms with Gasteiger partial charge in [0.05, 0.1) is 12.1 Å². The molecule has 5 heteroatoms. The van der Waals surface area contributed by atoms with E-state index in [1.807, 2.05) is 0 Å². The number of nitrogens with one attached hydrogen (secondary N) is 1. The van der Waals surface area contributed by atoms with Crippen LogP contribution in [0.15, 0.2) is 36.4 Å². The number of hydrogen-bond donors (Lipinski definition) is 1. The van der Waals surface area contributed by atoms with Crippen molar-refractivity contribution in [2.45, 2.75) is 12.5 Å². The maximum absolute atomic E-state index is 14.1. The molecule has 0 heterocycles. The Labute approximate surface area is 127 Å². The number of benzene rings is 2. The molecule has 2 nitrogen and oxygen atoms in total. The van der Waals surface area contributed by atoms with Crippen LogP contribution in [0.25, 0.3) is 0 Å². The van der Waals surface area contributed by atoms with E-state index in [1.165, 1.54) is 19.2 Å². The fourth-order valence-electron chi connectivity index (χ4n) is 2.31. The zero-order valence-corrected chi connectivity index (χ0v) is 12.5. The fourth-order valence-corrected chi connectivity index (χ4v) is 2.51. The second-order valence-corrected chi connectivity index (χ2v) is 4.99. The van der Waals surface area contributed by atoms with Crippen LogP contribution in [0.2, 0.25) is 5.02 Å². The summed E-state index contributed by atoms with van der Waals surface area (Å²) in [7, 11) is 3.20. The van der Waals surface area contributed by atoms with E-state index in [0.29, 0.717) is 23.3 Å². The lowest BCUT2D eigenvalue weighted by Gasteiger charge is -2.20. The van der Waals surface area contributed by atoms with Gasteiger partial charge in [-0.25, -0.2) is 8.78 Å². The van der Waals surface area contributed by atoms with Crippen LogP contribution in [0.3, 0.4) is 0 Å². The Morgan fingerprint density at radius 1 is 1.14 bits per heavy atom. The summed E-state index contributed by atoms with van der Waals surface area (Å²) >= 11 is 5.97. The Balaban J connectivity index is 2.39. The molecule has 0 aliphatic heterocycles. The third-order valence-electron chi connectivity index (χ3n) is 3.39. The van der Waals surface area contributed by atoms with Gasteiger partial charge in [-0.3, -0.25) is 0 Å². The van der Waals surface area contributed by atoms with Gasteiger partial charge in [0.1, 0.15) is 17.4 Å². The molecule has 1 unspecified atom stereocenters. The monoisotopic (exact) mass is 311 g/mol. The van der Waals surface area contributed by atoms with Crippen molar-refractivity contribution in [3.8, 4) is 5.75 Å². The van der Waals surface area contributed by atoms with Crippen molar-refractivity contribution in [2.75, 3.05) is 14.2 Å². The highest BCUT2D eigenvalue weighted by atomic mass is 35.5. The first-order chi connectivity index (χ1) is 10.1. The summed E-state index contributed by atoms with van der Waals surface area (Å²) in [5.41, 5.74) is 1.02. The third kappa shape index (κ3) is 3.34. The van der Waals surface area contributed by atoms with Gasteiger partial charge in [-0.2, -0.15) is 0 Å². The summed E-state index contributed by atoms with van der Waals surface area (Å²) in [6.45, 7) is 0. The fraction of sp³-hybridized carbons (Fsp3) is 0.250. The zero-order valence-electron chi connectivity index (χ0n) is 11.8. The molecule has 0 radical (unpaired) electrons. The Morgan fingerprint density at radius 2 is 1.81 bits per heavy atom. The highest BCUT2D eigenvalue weighted by Gasteiger charge is 2.21. The number of rotatable bonds is 5. The minimum absolute atomic E-state index is 0.0630. The standard InChI is InChI=1S/C16H16ClF2NO/c1-20-13(9-10-5-3-7-12(19)16(10)17)15-11(18)6-4-8-14(15)21-2/h3-8,13,20H,9H2,1-2H3. The lowest BCUT2D eigenvalue weighted by Crippen LogP contribution is -2.21. The molecular weight excluding hydrogens is 296 g/mol. The van der Waals surface area contributed by atoms with Crippen molar-refractivity contribution in [2.24, 2.45) is 0 Å². The largest absolute Gasteiger partial charge is 0.496 e. The molecule has 0 amide bonds. The van der Waals surface area contributed by atoms with Crippen LogP contribution in [-0.4, -0.2) is 14.2 Å². The molecule has 0 bridgehead atoms. The normalized spacial score (nSPS) is 12.2. The van der Waals surface area contributed by atoms with Gasteiger partial charge >= 0.3 is 0 Å². The van der Waals surface area contributed by atoms with Crippen molar-refractivity contribution in [1.29, 1.82) is 0 Å². The number of hydrogen-bond acceptors (Lipinski definition) is 2. The highest BCUT2D eigenvalue weighted by Crippen LogP contribution is 2.32. The van der Waals surface area contributed by atoms with Crippen LogP contribution in [0.5, 0.6) is 5.75 Å². The minimum Gasteiger partial charge on any atom is -0.496 e. The molecule has 0 saturated heterocycles. The first kappa shape index (κ1) is 15.7. The molecule has 1 atom stereocenters. The second-order valence-electron chi connectivity index (χ2n) is 4.61. The third-order valence-corrected chi connectivity index (χ3v) is 3.81. The summed E-state index contributed by atoms with van der Waals surface area (Å²) < 4.78 is 32.9. The van der Waals surface area contributed by atoms with E-state index >= 15 is 0 Å². The molecule has 0 saturated carbocycles. The molecule has 1 N–H and O–H groups in total. The number of halogens is 3. The summed E-state index contributed by atoms with van der Waals surface area (Å²) in [5, 5.41) is 3.09. The Hall–Kier alpha value is -1.65. The number of ether oxygens (including phenoxy) is 1. The number of likely N-dealkylation sites (N-methyl/N-ethyl adjacent to an activating group) is 1. The SMILES string of the molecule is CNC(Cc1cccc(F)c1Cl)c1c(F)cccc1OC. The van der Waals surface area contributed by atoms with Crippen molar-refractivity contribution < 1.29 is 13.5 Å². The highest BCUT2D eigenvalue weighted by molar-refractivity contribution is 6.31. The van der Waals surface area contributed by atoms with E-state index in [1.54, 1.807) is 31.3 Å². The van der Waals surface area contributed by atoms with Gasteiger partial charge in [0, 0.05) is 11.6 Å². The predicted octanol–water partition coefficient (Wildman–Crippen LogP) is 4.13. The van der Waals surface area contributed by atoms with Crippen LogP contribution in [0.1, 0.15) is 17.2 Å². The van der Waals surface area contributed by atoms with E-state index in [4.69, 9.17) is 16.3 Å². The molecule has 112 valence electrons. The lowest BCUT2D eigenvalue weighted by atomic mass is 9.97. The summed E-state index contributed by atoms with van der Waals surface area (Å²) in [4.78, 5) is 0. The molecule has 0 aliphatic carbocycles. The van der Waals surface area contributed by atoms with Crippen LogP contribution in [0.4, 0.5) is 8.78 Å². The second kappa shape index (κ2) is 6.87. The predicted molar refractivity (Wildman–Crippen MR) is 79.9 cm³/mol. The minimum atomic E-state index is -0.482. The number of methoxy groups -OCH3 is 1. The molecule has 2 rings (SSSR count). The lowest BCUT2D eigenvalue weighted by molar-refractivity contribution is 0.393. The van der Waals surface area contributed by atoms with Gasteiger partial charge in [0.25, 0.3) is 0 Å². The van der Waals surface area contributed by atoms with Gasteiger partial charge in [0.15, 0.2) is 0 Å². The van der Waals surface area contributed by atoms with Gasteiger partial charge in [-0.15, -0.1) is 0 Å². The molecular formula is C16H16ClF2NO. The maximum Gasteiger partial charge on any atom is 0.142 e. The van der Waals surface area contributed by atoms with Gasteiger partial charge in [-0.05, 0) is 37.2 Å². The van der Waals surface area contributed by atoms with Crippen molar-refractivity contribution in [3.05, 3.63) is 64.2 Å². The molecule has 21 heavy (non-hydrogen) atoms. The summed E-state index contributed by atoms with van der Waals surface area (Å²) in [6, 6.07) is 8.88. The molecule has 2 aromatic carbocycles. The first-order valence-electron chi connectivity index (χ1n) is 6.51.